The van der Waals surface area contributed by atoms with E-state index >= 15 is 0 Å². The van der Waals surface area contributed by atoms with Crippen LogP contribution in [0.15, 0.2) is 76.5 Å². The third kappa shape index (κ3) is 6.33. The first kappa shape index (κ1) is 28.9. The van der Waals surface area contributed by atoms with Crippen molar-refractivity contribution in [2.75, 3.05) is 39.9 Å². The Kier molecular flexibility index (Phi) is 8.48. The highest BCUT2D eigenvalue weighted by Gasteiger charge is 2.44. The SMILES string of the molecule is CNS(=O)(=O)c1cccc(OCC(O)CNC2COC3(CCN(S(=O)(=O)c4ccc5ccccc5c4)CC3)C2)c1. The zero-order chi connectivity index (χ0) is 28.4. The van der Waals surface area contributed by atoms with Gasteiger partial charge in [0.1, 0.15) is 18.5 Å². The smallest absolute Gasteiger partial charge is 0.243 e. The van der Waals surface area contributed by atoms with Crippen molar-refractivity contribution in [2.45, 2.75) is 46.8 Å². The molecular formula is C28H35N3O7S2. The van der Waals surface area contributed by atoms with Crippen LogP contribution in [0.3, 0.4) is 0 Å². The standard InChI is InChI=1S/C28H35N3O7S2/c1-29-39(33,34)26-8-4-7-25(16-26)37-20-24(32)18-30-23-17-28(38-19-23)11-13-31(14-12-28)40(35,36)27-10-9-21-5-2-3-6-22(21)15-27/h2-10,15-16,23-24,29-30,32H,11-14,17-20H2,1H3. The van der Waals surface area contributed by atoms with Crippen LogP contribution in [-0.4, -0.2) is 83.9 Å². The minimum absolute atomic E-state index is 0.00360. The third-order valence-electron chi connectivity index (χ3n) is 7.67. The molecule has 2 unspecified atom stereocenters. The second kappa shape index (κ2) is 11.7. The summed E-state index contributed by atoms with van der Waals surface area (Å²) in [7, 11) is -5.84. The number of sulfonamides is 2. The molecule has 40 heavy (non-hydrogen) atoms. The van der Waals surface area contributed by atoms with Crippen molar-refractivity contribution >= 4 is 30.8 Å². The van der Waals surface area contributed by atoms with Gasteiger partial charge in [-0.15, -0.1) is 0 Å². The van der Waals surface area contributed by atoms with Crippen molar-refractivity contribution in [1.82, 2.24) is 14.3 Å². The van der Waals surface area contributed by atoms with Gasteiger partial charge in [-0.2, -0.15) is 4.31 Å². The molecule has 216 valence electrons. The zero-order valence-electron chi connectivity index (χ0n) is 22.3. The Labute approximate surface area is 235 Å². The van der Waals surface area contributed by atoms with Crippen LogP contribution >= 0.6 is 0 Å². The second-order valence-electron chi connectivity index (χ2n) is 10.4. The Morgan fingerprint density at radius 3 is 2.50 bits per heavy atom. The number of aliphatic hydroxyl groups excluding tert-OH is 1. The summed E-state index contributed by atoms with van der Waals surface area (Å²) in [5.74, 6) is 0.351. The molecule has 10 nitrogen and oxygen atoms in total. The fourth-order valence-corrected chi connectivity index (χ4v) is 7.58. The van der Waals surface area contributed by atoms with Crippen molar-refractivity contribution < 1.29 is 31.4 Å². The molecule has 0 aliphatic carbocycles. The van der Waals surface area contributed by atoms with E-state index in [-0.39, 0.29) is 29.7 Å². The number of benzene rings is 3. The van der Waals surface area contributed by atoms with Crippen LogP contribution in [-0.2, 0) is 24.8 Å². The second-order valence-corrected chi connectivity index (χ2v) is 14.2. The topological polar surface area (TPSA) is 134 Å². The van der Waals surface area contributed by atoms with Gasteiger partial charge in [0.15, 0.2) is 0 Å². The maximum Gasteiger partial charge on any atom is 0.243 e. The van der Waals surface area contributed by atoms with Crippen LogP contribution in [0.25, 0.3) is 10.8 Å². The van der Waals surface area contributed by atoms with E-state index in [2.05, 4.69) is 10.0 Å². The van der Waals surface area contributed by atoms with Crippen molar-refractivity contribution in [1.29, 1.82) is 0 Å². The molecule has 3 N–H and O–H groups in total. The van der Waals surface area contributed by atoms with E-state index in [4.69, 9.17) is 9.47 Å². The van der Waals surface area contributed by atoms with Gasteiger partial charge in [-0.3, -0.25) is 0 Å². The molecular weight excluding hydrogens is 554 g/mol. The van der Waals surface area contributed by atoms with Crippen molar-refractivity contribution in [3.8, 4) is 5.75 Å². The summed E-state index contributed by atoms with van der Waals surface area (Å²) >= 11 is 0. The molecule has 2 atom stereocenters. The summed E-state index contributed by atoms with van der Waals surface area (Å²) in [6.07, 6.45) is 1.13. The lowest BCUT2D eigenvalue weighted by molar-refractivity contribution is -0.0312. The van der Waals surface area contributed by atoms with E-state index in [9.17, 15) is 21.9 Å². The predicted molar refractivity (Wildman–Crippen MR) is 151 cm³/mol. The van der Waals surface area contributed by atoms with Gasteiger partial charge in [-0.25, -0.2) is 21.6 Å². The molecule has 0 radical (unpaired) electrons. The van der Waals surface area contributed by atoms with Gasteiger partial charge in [-0.1, -0.05) is 36.4 Å². The number of ether oxygens (including phenoxy) is 2. The van der Waals surface area contributed by atoms with Crippen LogP contribution in [0.5, 0.6) is 5.75 Å². The number of hydrogen-bond acceptors (Lipinski definition) is 8. The molecule has 2 fully saturated rings. The number of rotatable bonds is 10. The van der Waals surface area contributed by atoms with Gasteiger partial charge in [0, 0.05) is 31.7 Å². The summed E-state index contributed by atoms with van der Waals surface area (Å²) in [5.41, 5.74) is -0.381. The molecule has 2 aliphatic rings. The average molecular weight is 590 g/mol. The van der Waals surface area contributed by atoms with Crippen molar-refractivity contribution in [3.05, 3.63) is 66.7 Å². The lowest BCUT2D eigenvalue weighted by atomic mass is 9.88. The number of hydrogen-bond donors (Lipinski definition) is 3. The molecule has 5 rings (SSSR count). The normalized spacial score (nSPS) is 20.6. The molecule has 2 saturated heterocycles. The number of fused-ring (bicyclic) bond motifs is 1. The van der Waals surface area contributed by atoms with E-state index in [1.54, 1.807) is 28.6 Å². The van der Waals surface area contributed by atoms with Gasteiger partial charge < -0.3 is 19.9 Å². The summed E-state index contributed by atoms with van der Waals surface area (Å²) in [6, 6.07) is 19.1. The molecule has 3 aromatic rings. The lowest BCUT2D eigenvalue weighted by Gasteiger charge is -2.38. The Morgan fingerprint density at radius 1 is 1.00 bits per heavy atom. The molecule has 0 amide bonds. The fourth-order valence-electron chi connectivity index (χ4n) is 5.34. The maximum absolute atomic E-state index is 13.3. The van der Waals surface area contributed by atoms with Gasteiger partial charge in [0.25, 0.3) is 0 Å². The monoisotopic (exact) mass is 589 g/mol. The Hall–Kier alpha value is -2.58. The Balaban J connectivity index is 1.09. The van der Waals surface area contributed by atoms with Gasteiger partial charge in [0.05, 0.1) is 22.0 Å². The molecule has 3 aromatic carbocycles. The molecule has 0 aromatic heterocycles. The largest absolute Gasteiger partial charge is 0.491 e. The quantitative estimate of drug-likeness (QED) is 0.327. The summed E-state index contributed by atoms with van der Waals surface area (Å²) in [4.78, 5) is 0.394. The average Bonchev–Trinajstić information content (AvgIpc) is 3.37. The summed E-state index contributed by atoms with van der Waals surface area (Å²) in [6.45, 7) is 1.54. The van der Waals surface area contributed by atoms with Crippen molar-refractivity contribution in [3.63, 3.8) is 0 Å². The van der Waals surface area contributed by atoms with Crippen LogP contribution in [0.1, 0.15) is 19.3 Å². The van der Waals surface area contributed by atoms with Crippen LogP contribution in [0.4, 0.5) is 0 Å². The van der Waals surface area contributed by atoms with Gasteiger partial charge >= 0.3 is 0 Å². The van der Waals surface area contributed by atoms with E-state index in [1.165, 1.54) is 19.2 Å². The van der Waals surface area contributed by atoms with Crippen LogP contribution in [0.2, 0.25) is 0 Å². The molecule has 0 saturated carbocycles. The fraction of sp³-hybridized carbons (Fsp3) is 0.429. The summed E-state index contributed by atoms with van der Waals surface area (Å²) < 4.78 is 66.2. The highest BCUT2D eigenvalue weighted by Crippen LogP contribution is 2.37. The van der Waals surface area contributed by atoms with Crippen LogP contribution in [0, 0.1) is 0 Å². The van der Waals surface area contributed by atoms with Crippen LogP contribution < -0.4 is 14.8 Å². The number of nitrogens with zero attached hydrogens (tertiary/aromatic N) is 1. The number of nitrogens with one attached hydrogen (secondary N) is 2. The predicted octanol–water partition coefficient (Wildman–Crippen LogP) is 2.09. The van der Waals surface area contributed by atoms with Crippen molar-refractivity contribution in [2.24, 2.45) is 0 Å². The first-order chi connectivity index (χ1) is 19.1. The van der Waals surface area contributed by atoms with Gasteiger partial charge in [-0.05, 0) is 61.3 Å². The van der Waals surface area contributed by atoms with E-state index < -0.39 is 26.2 Å². The lowest BCUT2D eigenvalue weighted by Crippen LogP contribution is -2.47. The maximum atomic E-state index is 13.3. The zero-order valence-corrected chi connectivity index (χ0v) is 24.0. The van der Waals surface area contributed by atoms with E-state index in [0.29, 0.717) is 43.2 Å². The molecule has 2 heterocycles. The molecule has 1 spiro atoms. The molecule has 12 heteroatoms. The van der Waals surface area contributed by atoms with E-state index in [0.717, 1.165) is 17.2 Å². The summed E-state index contributed by atoms with van der Waals surface area (Å²) in [5, 5.41) is 15.6. The van der Waals surface area contributed by atoms with Gasteiger partial charge in [0.2, 0.25) is 20.0 Å². The number of aliphatic hydroxyl groups is 1. The molecule has 2 aliphatic heterocycles. The minimum atomic E-state index is -3.60. The highest BCUT2D eigenvalue weighted by molar-refractivity contribution is 7.89. The number of piperidine rings is 1. The van der Waals surface area contributed by atoms with E-state index in [1.807, 2.05) is 30.3 Å². The highest BCUT2D eigenvalue weighted by atomic mass is 32.2. The Bertz CT molecular complexity index is 1550. The minimum Gasteiger partial charge on any atom is -0.491 e. The first-order valence-electron chi connectivity index (χ1n) is 13.3. The Morgan fingerprint density at radius 2 is 1.75 bits per heavy atom. The molecule has 0 bridgehead atoms. The first-order valence-corrected chi connectivity index (χ1v) is 16.2. The third-order valence-corrected chi connectivity index (χ3v) is 11.0.